The Labute approximate surface area is 138 Å². The Morgan fingerprint density at radius 2 is 1.62 bits per heavy atom. The van der Waals surface area contributed by atoms with Gasteiger partial charge in [-0.1, -0.05) is 30.3 Å². The van der Waals surface area contributed by atoms with E-state index in [-0.39, 0.29) is 0 Å². The molecule has 0 unspecified atom stereocenters. The molecule has 0 atom stereocenters. The Bertz CT molecular complexity index is 983. The fourth-order valence-corrected chi connectivity index (χ4v) is 2.42. The van der Waals surface area contributed by atoms with Gasteiger partial charge in [0, 0.05) is 0 Å². The molecule has 6 heteroatoms. The lowest BCUT2D eigenvalue weighted by atomic mass is 10.3. The fourth-order valence-electron chi connectivity index (χ4n) is 2.42. The standard InChI is InChI=1S/C18H14N4O2/c1-23-15-9-5-6-10-16(15)24-17-12-19-18-14(21-17)11-20-22(18)13-7-3-2-4-8-13/h2-12H,1H3. The van der Waals surface area contributed by atoms with E-state index < -0.39 is 0 Å². The number of para-hydroxylation sites is 3. The SMILES string of the molecule is COc1ccccc1Oc1cnc2c(cnn2-c2ccccc2)n1. The summed E-state index contributed by atoms with van der Waals surface area (Å²) in [6, 6.07) is 17.2. The van der Waals surface area contributed by atoms with Crippen molar-refractivity contribution < 1.29 is 9.47 Å². The van der Waals surface area contributed by atoms with Crippen molar-refractivity contribution in [1.29, 1.82) is 0 Å². The lowest BCUT2D eigenvalue weighted by Crippen LogP contribution is -1.98. The van der Waals surface area contributed by atoms with Crippen LogP contribution in [0.2, 0.25) is 0 Å². The van der Waals surface area contributed by atoms with Gasteiger partial charge in [-0.3, -0.25) is 0 Å². The van der Waals surface area contributed by atoms with Crippen LogP contribution in [0.5, 0.6) is 17.4 Å². The zero-order chi connectivity index (χ0) is 16.4. The predicted octanol–water partition coefficient (Wildman–Crippen LogP) is 3.62. The maximum Gasteiger partial charge on any atom is 0.238 e. The molecule has 0 saturated heterocycles. The van der Waals surface area contributed by atoms with Gasteiger partial charge in [-0.25, -0.2) is 14.6 Å². The molecule has 4 rings (SSSR count). The number of fused-ring (bicyclic) bond motifs is 1. The van der Waals surface area contributed by atoms with Crippen molar-refractivity contribution in [1.82, 2.24) is 19.7 Å². The van der Waals surface area contributed by atoms with Gasteiger partial charge in [0.05, 0.1) is 25.2 Å². The molecule has 4 aromatic rings. The predicted molar refractivity (Wildman–Crippen MR) is 89.7 cm³/mol. The molecule has 0 spiro atoms. The fraction of sp³-hybridized carbons (Fsp3) is 0.0556. The van der Waals surface area contributed by atoms with Crippen LogP contribution in [0.1, 0.15) is 0 Å². The van der Waals surface area contributed by atoms with Crippen molar-refractivity contribution in [2.45, 2.75) is 0 Å². The number of ether oxygens (including phenoxy) is 2. The minimum Gasteiger partial charge on any atom is -0.493 e. The summed E-state index contributed by atoms with van der Waals surface area (Å²) in [5.41, 5.74) is 2.26. The van der Waals surface area contributed by atoms with E-state index >= 15 is 0 Å². The van der Waals surface area contributed by atoms with Gasteiger partial charge in [-0.2, -0.15) is 5.10 Å². The first kappa shape index (κ1) is 14.2. The zero-order valence-corrected chi connectivity index (χ0v) is 13.0. The Kier molecular flexibility index (Phi) is 3.55. The van der Waals surface area contributed by atoms with Crippen LogP contribution in [0.3, 0.4) is 0 Å². The third-order valence-electron chi connectivity index (χ3n) is 3.54. The topological polar surface area (TPSA) is 62.1 Å². The van der Waals surface area contributed by atoms with Crippen molar-refractivity contribution in [3.05, 3.63) is 67.0 Å². The Morgan fingerprint density at radius 1 is 0.875 bits per heavy atom. The molecule has 0 fully saturated rings. The number of nitrogens with zero attached hydrogens (tertiary/aromatic N) is 4. The molecule has 2 aromatic heterocycles. The van der Waals surface area contributed by atoms with E-state index in [1.54, 1.807) is 24.2 Å². The van der Waals surface area contributed by atoms with E-state index in [1.807, 2.05) is 54.6 Å². The van der Waals surface area contributed by atoms with Gasteiger partial charge in [-0.15, -0.1) is 0 Å². The van der Waals surface area contributed by atoms with Crippen LogP contribution >= 0.6 is 0 Å². The molecule has 0 radical (unpaired) electrons. The van der Waals surface area contributed by atoms with Crippen molar-refractivity contribution in [3.8, 4) is 23.1 Å². The average Bonchev–Trinajstić information content (AvgIpc) is 3.06. The van der Waals surface area contributed by atoms with Crippen molar-refractivity contribution in [3.63, 3.8) is 0 Å². The van der Waals surface area contributed by atoms with E-state index in [1.165, 1.54) is 0 Å². The van der Waals surface area contributed by atoms with Gasteiger partial charge < -0.3 is 9.47 Å². The largest absolute Gasteiger partial charge is 0.493 e. The number of hydrogen-bond acceptors (Lipinski definition) is 5. The van der Waals surface area contributed by atoms with E-state index in [0.717, 1.165) is 5.69 Å². The number of benzene rings is 2. The molecular formula is C18H14N4O2. The molecule has 0 N–H and O–H groups in total. The molecular weight excluding hydrogens is 304 g/mol. The highest BCUT2D eigenvalue weighted by atomic mass is 16.5. The van der Waals surface area contributed by atoms with Crippen molar-refractivity contribution in [2.75, 3.05) is 7.11 Å². The molecule has 118 valence electrons. The summed E-state index contributed by atoms with van der Waals surface area (Å²) >= 11 is 0. The molecule has 0 aliphatic rings. The summed E-state index contributed by atoms with van der Waals surface area (Å²) in [6.07, 6.45) is 3.25. The van der Waals surface area contributed by atoms with Gasteiger partial charge in [0.2, 0.25) is 5.88 Å². The average molecular weight is 318 g/mol. The summed E-state index contributed by atoms with van der Waals surface area (Å²) in [5, 5.41) is 4.36. The van der Waals surface area contributed by atoms with Gasteiger partial charge in [0.1, 0.15) is 5.52 Å². The lowest BCUT2D eigenvalue weighted by Gasteiger charge is -2.08. The van der Waals surface area contributed by atoms with Crippen LogP contribution in [0, 0.1) is 0 Å². The van der Waals surface area contributed by atoms with Crippen molar-refractivity contribution in [2.24, 2.45) is 0 Å². The molecule has 0 amide bonds. The third kappa shape index (κ3) is 2.54. The van der Waals surface area contributed by atoms with Gasteiger partial charge in [0.25, 0.3) is 0 Å². The summed E-state index contributed by atoms with van der Waals surface area (Å²) in [5.74, 6) is 1.61. The molecule has 0 bridgehead atoms. The van der Waals surface area contributed by atoms with Crippen LogP contribution < -0.4 is 9.47 Å². The van der Waals surface area contributed by atoms with E-state index in [0.29, 0.717) is 28.5 Å². The first-order chi connectivity index (χ1) is 11.8. The molecule has 2 aromatic carbocycles. The highest BCUT2D eigenvalue weighted by Crippen LogP contribution is 2.30. The Morgan fingerprint density at radius 3 is 2.42 bits per heavy atom. The van der Waals surface area contributed by atoms with Crippen LogP contribution in [-0.4, -0.2) is 26.9 Å². The van der Waals surface area contributed by atoms with Gasteiger partial charge in [0.15, 0.2) is 17.1 Å². The Balaban J connectivity index is 1.70. The van der Waals surface area contributed by atoms with Crippen LogP contribution in [-0.2, 0) is 0 Å². The van der Waals surface area contributed by atoms with E-state index in [9.17, 15) is 0 Å². The molecule has 24 heavy (non-hydrogen) atoms. The quantitative estimate of drug-likeness (QED) is 0.575. The van der Waals surface area contributed by atoms with E-state index in [4.69, 9.17) is 9.47 Å². The summed E-state index contributed by atoms with van der Waals surface area (Å²) in [7, 11) is 1.60. The monoisotopic (exact) mass is 318 g/mol. The van der Waals surface area contributed by atoms with Gasteiger partial charge in [-0.05, 0) is 24.3 Å². The smallest absolute Gasteiger partial charge is 0.238 e. The van der Waals surface area contributed by atoms with Gasteiger partial charge >= 0.3 is 0 Å². The van der Waals surface area contributed by atoms with Crippen LogP contribution in [0.15, 0.2) is 67.0 Å². The number of hydrogen-bond donors (Lipinski definition) is 0. The second kappa shape index (κ2) is 6.00. The highest BCUT2D eigenvalue weighted by molar-refractivity contribution is 5.72. The maximum absolute atomic E-state index is 5.79. The molecule has 6 nitrogen and oxygen atoms in total. The summed E-state index contributed by atoms with van der Waals surface area (Å²) in [6.45, 7) is 0. The molecule has 0 saturated carbocycles. The third-order valence-corrected chi connectivity index (χ3v) is 3.54. The summed E-state index contributed by atoms with van der Waals surface area (Å²) < 4.78 is 12.8. The maximum atomic E-state index is 5.79. The first-order valence-electron chi connectivity index (χ1n) is 7.42. The second-order valence-electron chi connectivity index (χ2n) is 5.06. The highest BCUT2D eigenvalue weighted by Gasteiger charge is 2.11. The number of methoxy groups -OCH3 is 1. The van der Waals surface area contributed by atoms with Crippen LogP contribution in [0.25, 0.3) is 16.9 Å². The lowest BCUT2D eigenvalue weighted by molar-refractivity contribution is 0.374. The zero-order valence-electron chi connectivity index (χ0n) is 13.0. The molecule has 0 aliphatic heterocycles. The van der Waals surface area contributed by atoms with Crippen molar-refractivity contribution >= 4 is 11.2 Å². The first-order valence-corrected chi connectivity index (χ1v) is 7.42. The van der Waals surface area contributed by atoms with Crippen LogP contribution in [0.4, 0.5) is 0 Å². The minimum absolute atomic E-state index is 0.389. The normalized spacial score (nSPS) is 10.7. The Hall–Kier alpha value is -3.41. The summed E-state index contributed by atoms with van der Waals surface area (Å²) in [4.78, 5) is 8.91. The molecule has 0 aliphatic carbocycles. The minimum atomic E-state index is 0.389. The molecule has 2 heterocycles. The van der Waals surface area contributed by atoms with E-state index in [2.05, 4.69) is 15.1 Å². The number of aromatic nitrogens is 4. The second-order valence-corrected chi connectivity index (χ2v) is 5.06. The number of rotatable bonds is 4.